The molecule has 1 rings (SSSR count). The zero-order chi connectivity index (χ0) is 18.3. The SMILES string of the molecule is CC(C)(C)OC(=O)NC(CC=Cc1ccc([N+](=O)[O-])cc1)C(=O)O. The highest BCUT2D eigenvalue weighted by Crippen LogP contribution is 2.13. The lowest BCUT2D eigenvalue weighted by Gasteiger charge is -2.21. The van der Waals surface area contributed by atoms with E-state index in [9.17, 15) is 19.7 Å². The highest BCUT2D eigenvalue weighted by molar-refractivity contribution is 5.80. The van der Waals surface area contributed by atoms with Gasteiger partial charge in [0, 0.05) is 12.1 Å². The predicted octanol–water partition coefficient (Wildman–Crippen LogP) is 2.98. The summed E-state index contributed by atoms with van der Waals surface area (Å²) in [5.41, 5.74) is -0.0639. The molecule has 2 N–H and O–H groups in total. The number of carboxylic acids is 1. The van der Waals surface area contributed by atoms with Crippen LogP contribution in [0.25, 0.3) is 6.08 Å². The van der Waals surface area contributed by atoms with Crippen molar-refractivity contribution in [3.8, 4) is 0 Å². The molecule has 0 radical (unpaired) electrons. The molecule has 8 nitrogen and oxygen atoms in total. The molecular formula is C16H20N2O6. The number of carbonyl (C=O) groups excluding carboxylic acids is 1. The second-order valence-corrected chi connectivity index (χ2v) is 6.02. The number of nitro groups is 1. The minimum absolute atomic E-state index is 0.0258. The van der Waals surface area contributed by atoms with Gasteiger partial charge in [0.05, 0.1) is 4.92 Å². The van der Waals surface area contributed by atoms with Gasteiger partial charge in [-0.3, -0.25) is 10.1 Å². The summed E-state index contributed by atoms with van der Waals surface area (Å²) in [6.07, 6.45) is 2.43. The van der Waals surface area contributed by atoms with Crippen molar-refractivity contribution >= 4 is 23.8 Å². The lowest BCUT2D eigenvalue weighted by molar-refractivity contribution is -0.384. The zero-order valence-electron chi connectivity index (χ0n) is 13.7. The van der Waals surface area contributed by atoms with E-state index in [0.29, 0.717) is 5.56 Å². The number of benzene rings is 1. The molecule has 0 aromatic heterocycles. The van der Waals surface area contributed by atoms with Crippen molar-refractivity contribution in [3.63, 3.8) is 0 Å². The molecule has 0 heterocycles. The molecule has 1 aromatic rings. The van der Waals surface area contributed by atoms with Crippen molar-refractivity contribution in [1.82, 2.24) is 5.32 Å². The molecular weight excluding hydrogens is 316 g/mol. The Labute approximate surface area is 139 Å². The van der Waals surface area contributed by atoms with E-state index in [2.05, 4.69) is 5.32 Å². The van der Waals surface area contributed by atoms with Crippen LogP contribution in [-0.4, -0.2) is 33.7 Å². The first-order valence-electron chi connectivity index (χ1n) is 7.22. The number of amides is 1. The van der Waals surface area contributed by atoms with Crippen LogP contribution >= 0.6 is 0 Å². The van der Waals surface area contributed by atoms with Gasteiger partial charge in [0.25, 0.3) is 5.69 Å². The quantitative estimate of drug-likeness (QED) is 0.609. The molecule has 0 bridgehead atoms. The van der Waals surface area contributed by atoms with E-state index in [-0.39, 0.29) is 12.1 Å². The number of carbonyl (C=O) groups is 2. The monoisotopic (exact) mass is 336 g/mol. The fourth-order valence-electron chi connectivity index (χ4n) is 1.72. The van der Waals surface area contributed by atoms with Gasteiger partial charge < -0.3 is 15.2 Å². The first kappa shape index (κ1) is 19.1. The Balaban J connectivity index is 2.64. The highest BCUT2D eigenvalue weighted by atomic mass is 16.6. The maximum absolute atomic E-state index is 11.6. The maximum Gasteiger partial charge on any atom is 0.408 e. The molecule has 130 valence electrons. The number of nitrogens with zero attached hydrogens (tertiary/aromatic N) is 1. The van der Waals surface area contributed by atoms with Crippen molar-refractivity contribution in [1.29, 1.82) is 0 Å². The number of nitro benzene ring substituents is 1. The molecule has 0 aliphatic heterocycles. The Morgan fingerprint density at radius 2 is 1.92 bits per heavy atom. The summed E-state index contributed by atoms with van der Waals surface area (Å²) >= 11 is 0. The van der Waals surface area contributed by atoms with Crippen LogP contribution in [-0.2, 0) is 9.53 Å². The fourth-order valence-corrected chi connectivity index (χ4v) is 1.72. The van der Waals surface area contributed by atoms with Crippen LogP contribution in [0.2, 0.25) is 0 Å². The smallest absolute Gasteiger partial charge is 0.408 e. The molecule has 0 saturated heterocycles. The summed E-state index contributed by atoms with van der Waals surface area (Å²) in [6, 6.07) is 4.67. The average molecular weight is 336 g/mol. The summed E-state index contributed by atoms with van der Waals surface area (Å²) in [4.78, 5) is 32.9. The van der Waals surface area contributed by atoms with Gasteiger partial charge in [-0.1, -0.05) is 12.2 Å². The van der Waals surface area contributed by atoms with Crippen molar-refractivity contribution in [2.45, 2.75) is 38.8 Å². The number of carboxylic acid groups (broad SMARTS) is 1. The van der Waals surface area contributed by atoms with Crippen LogP contribution in [0.1, 0.15) is 32.8 Å². The lowest BCUT2D eigenvalue weighted by Crippen LogP contribution is -2.43. The van der Waals surface area contributed by atoms with Gasteiger partial charge in [0.15, 0.2) is 0 Å². The van der Waals surface area contributed by atoms with E-state index in [1.54, 1.807) is 45.1 Å². The number of hydrogen-bond acceptors (Lipinski definition) is 5. The standard InChI is InChI=1S/C16H20N2O6/c1-16(2,3)24-15(21)17-13(14(19)20)6-4-5-11-7-9-12(10-8-11)18(22)23/h4-5,7-10,13H,6H2,1-3H3,(H,17,21)(H,19,20). The molecule has 24 heavy (non-hydrogen) atoms. The Hall–Kier alpha value is -2.90. The van der Waals surface area contributed by atoms with Crippen molar-refractivity contribution in [2.24, 2.45) is 0 Å². The van der Waals surface area contributed by atoms with E-state index >= 15 is 0 Å². The van der Waals surface area contributed by atoms with E-state index in [1.165, 1.54) is 12.1 Å². The van der Waals surface area contributed by atoms with Gasteiger partial charge in [0.1, 0.15) is 11.6 Å². The molecule has 0 aliphatic carbocycles. The zero-order valence-corrected chi connectivity index (χ0v) is 13.7. The predicted molar refractivity (Wildman–Crippen MR) is 87.5 cm³/mol. The minimum atomic E-state index is -1.19. The number of aliphatic carboxylic acids is 1. The molecule has 0 spiro atoms. The number of alkyl carbamates (subject to hydrolysis) is 1. The van der Waals surface area contributed by atoms with Gasteiger partial charge in [-0.15, -0.1) is 0 Å². The summed E-state index contributed by atoms with van der Waals surface area (Å²) in [5, 5.41) is 22.0. The summed E-state index contributed by atoms with van der Waals surface area (Å²) in [6.45, 7) is 5.03. The summed E-state index contributed by atoms with van der Waals surface area (Å²) in [5.74, 6) is -1.19. The molecule has 8 heteroatoms. The van der Waals surface area contributed by atoms with Gasteiger partial charge in [-0.05, 0) is 44.9 Å². The number of rotatable bonds is 6. The summed E-state index contributed by atoms with van der Waals surface area (Å²) in [7, 11) is 0. The largest absolute Gasteiger partial charge is 0.480 e. The maximum atomic E-state index is 11.6. The lowest BCUT2D eigenvalue weighted by atomic mass is 10.1. The van der Waals surface area contributed by atoms with Gasteiger partial charge in [-0.25, -0.2) is 9.59 Å². The van der Waals surface area contributed by atoms with Crippen LogP contribution in [0.3, 0.4) is 0 Å². The number of non-ortho nitro benzene ring substituents is 1. The van der Waals surface area contributed by atoms with Crippen molar-refractivity contribution in [3.05, 3.63) is 46.0 Å². The number of ether oxygens (including phenoxy) is 1. The normalized spacial score (nSPS) is 12.6. The van der Waals surface area contributed by atoms with E-state index in [1.807, 2.05) is 0 Å². The van der Waals surface area contributed by atoms with Crippen molar-refractivity contribution < 1.29 is 24.4 Å². The molecule has 1 aromatic carbocycles. The van der Waals surface area contributed by atoms with Crippen LogP contribution in [0.5, 0.6) is 0 Å². The first-order chi connectivity index (χ1) is 11.1. The minimum Gasteiger partial charge on any atom is -0.480 e. The topological polar surface area (TPSA) is 119 Å². The molecule has 0 aliphatic rings. The number of nitrogens with one attached hydrogen (secondary N) is 1. The van der Waals surface area contributed by atoms with E-state index in [4.69, 9.17) is 9.84 Å². The van der Waals surface area contributed by atoms with Gasteiger partial charge in [0.2, 0.25) is 0 Å². The highest BCUT2D eigenvalue weighted by Gasteiger charge is 2.22. The Bertz CT molecular complexity index is 631. The fraction of sp³-hybridized carbons (Fsp3) is 0.375. The third kappa shape index (κ3) is 6.91. The van der Waals surface area contributed by atoms with Crippen LogP contribution in [0.15, 0.2) is 30.3 Å². The van der Waals surface area contributed by atoms with Gasteiger partial charge >= 0.3 is 12.1 Å². The van der Waals surface area contributed by atoms with Crippen LogP contribution in [0, 0.1) is 10.1 Å². The first-order valence-corrected chi connectivity index (χ1v) is 7.22. The molecule has 0 saturated carbocycles. The number of hydrogen-bond donors (Lipinski definition) is 2. The molecule has 1 amide bonds. The summed E-state index contributed by atoms with van der Waals surface area (Å²) < 4.78 is 5.02. The van der Waals surface area contributed by atoms with E-state index < -0.39 is 28.6 Å². The van der Waals surface area contributed by atoms with E-state index in [0.717, 1.165) is 0 Å². The molecule has 1 atom stereocenters. The van der Waals surface area contributed by atoms with Crippen LogP contribution < -0.4 is 5.32 Å². The Kier molecular flexibility index (Phi) is 6.46. The molecule has 0 fully saturated rings. The Morgan fingerprint density at radius 1 is 1.33 bits per heavy atom. The second-order valence-electron chi connectivity index (χ2n) is 6.02. The third-order valence-corrected chi connectivity index (χ3v) is 2.78. The average Bonchev–Trinajstić information content (AvgIpc) is 2.44. The Morgan fingerprint density at radius 3 is 2.38 bits per heavy atom. The van der Waals surface area contributed by atoms with Gasteiger partial charge in [-0.2, -0.15) is 0 Å². The van der Waals surface area contributed by atoms with Crippen LogP contribution in [0.4, 0.5) is 10.5 Å². The second kappa shape index (κ2) is 8.09. The molecule has 1 unspecified atom stereocenters. The third-order valence-electron chi connectivity index (χ3n) is 2.78. The van der Waals surface area contributed by atoms with Crippen molar-refractivity contribution in [2.75, 3.05) is 0 Å².